The topological polar surface area (TPSA) is 48.1 Å². The van der Waals surface area contributed by atoms with Gasteiger partial charge in [0.05, 0.1) is 0 Å². The summed E-state index contributed by atoms with van der Waals surface area (Å²) in [4.78, 5) is 4.27. The summed E-state index contributed by atoms with van der Waals surface area (Å²) in [5.74, 6) is 1.46. The molecule has 0 saturated heterocycles. The molecule has 18 heavy (non-hydrogen) atoms. The van der Waals surface area contributed by atoms with E-state index < -0.39 is 0 Å². The van der Waals surface area contributed by atoms with Gasteiger partial charge in [0, 0.05) is 18.3 Å². The number of aryl methyl sites for hydroxylation is 1. The first kappa shape index (κ1) is 12.6. The zero-order chi connectivity index (χ0) is 13.0. The van der Waals surface area contributed by atoms with Gasteiger partial charge in [-0.25, -0.2) is 4.98 Å². The summed E-state index contributed by atoms with van der Waals surface area (Å²) in [7, 11) is 0. The van der Waals surface area contributed by atoms with E-state index in [1.165, 1.54) is 5.56 Å². The van der Waals surface area contributed by atoms with E-state index in [0.717, 1.165) is 17.7 Å². The second-order valence-corrected chi connectivity index (χ2v) is 4.28. The number of para-hydroxylation sites is 1. The zero-order valence-electron chi connectivity index (χ0n) is 10.8. The average Bonchev–Trinajstić information content (AvgIpc) is 2.40. The third-order valence-electron chi connectivity index (χ3n) is 2.85. The van der Waals surface area contributed by atoms with E-state index in [1.54, 1.807) is 6.20 Å². The third kappa shape index (κ3) is 2.87. The predicted octanol–water partition coefficient (Wildman–Crippen LogP) is 3.46. The zero-order valence-corrected chi connectivity index (χ0v) is 10.8. The molecule has 94 valence electrons. The van der Waals surface area contributed by atoms with E-state index in [1.807, 2.05) is 37.3 Å². The highest BCUT2D eigenvalue weighted by molar-refractivity contribution is 5.36. The summed E-state index contributed by atoms with van der Waals surface area (Å²) < 4.78 is 5.78. The number of nitrogens with zero attached hydrogens (tertiary/aromatic N) is 1. The number of aromatic nitrogens is 1. The Bertz CT molecular complexity index is 506. The van der Waals surface area contributed by atoms with Crippen LogP contribution in [0.4, 0.5) is 0 Å². The van der Waals surface area contributed by atoms with Crippen molar-refractivity contribution in [2.24, 2.45) is 5.73 Å². The van der Waals surface area contributed by atoms with Crippen molar-refractivity contribution >= 4 is 0 Å². The Hall–Kier alpha value is -1.87. The summed E-state index contributed by atoms with van der Waals surface area (Å²) >= 11 is 0. The first-order chi connectivity index (χ1) is 8.70. The lowest BCUT2D eigenvalue weighted by Gasteiger charge is -2.10. The molecule has 0 unspecified atom stereocenters. The number of hydrogen-bond acceptors (Lipinski definition) is 3. The van der Waals surface area contributed by atoms with Crippen LogP contribution in [-0.2, 0) is 6.42 Å². The Kier molecular flexibility index (Phi) is 3.95. The normalized spacial score (nSPS) is 12.2. The van der Waals surface area contributed by atoms with Crippen LogP contribution in [0.1, 0.15) is 31.0 Å². The van der Waals surface area contributed by atoms with Crippen LogP contribution in [0.2, 0.25) is 0 Å². The van der Waals surface area contributed by atoms with Crippen molar-refractivity contribution in [2.45, 2.75) is 26.3 Å². The SMILES string of the molecule is CCc1ccccc1Oc1ccc([C@@H](C)N)cn1. The summed E-state index contributed by atoms with van der Waals surface area (Å²) in [6.07, 6.45) is 2.70. The molecule has 0 aliphatic carbocycles. The van der Waals surface area contributed by atoms with Crippen molar-refractivity contribution < 1.29 is 4.74 Å². The van der Waals surface area contributed by atoms with Gasteiger partial charge in [-0.15, -0.1) is 0 Å². The Morgan fingerprint density at radius 3 is 2.61 bits per heavy atom. The second-order valence-electron chi connectivity index (χ2n) is 4.28. The molecule has 2 rings (SSSR count). The molecule has 0 bridgehead atoms. The molecule has 0 aliphatic rings. The van der Waals surface area contributed by atoms with E-state index >= 15 is 0 Å². The van der Waals surface area contributed by atoms with E-state index in [-0.39, 0.29) is 6.04 Å². The molecule has 0 saturated carbocycles. The minimum Gasteiger partial charge on any atom is -0.439 e. The minimum atomic E-state index is -0.00511. The first-order valence-corrected chi connectivity index (χ1v) is 6.18. The molecule has 1 atom stereocenters. The van der Waals surface area contributed by atoms with Crippen molar-refractivity contribution in [1.29, 1.82) is 0 Å². The molecule has 3 heteroatoms. The third-order valence-corrected chi connectivity index (χ3v) is 2.85. The van der Waals surface area contributed by atoms with Crippen LogP contribution in [0.3, 0.4) is 0 Å². The van der Waals surface area contributed by atoms with Crippen molar-refractivity contribution in [3.63, 3.8) is 0 Å². The molecule has 1 aromatic heterocycles. The standard InChI is InChI=1S/C15H18N2O/c1-3-12-6-4-5-7-14(12)18-15-9-8-13(10-17-15)11(2)16/h4-11H,3,16H2,1-2H3/t11-/m1/s1. The van der Waals surface area contributed by atoms with Crippen LogP contribution < -0.4 is 10.5 Å². The number of pyridine rings is 1. The molecular formula is C15H18N2O. The Morgan fingerprint density at radius 2 is 2.00 bits per heavy atom. The average molecular weight is 242 g/mol. The van der Waals surface area contributed by atoms with Crippen molar-refractivity contribution in [3.05, 3.63) is 53.7 Å². The maximum Gasteiger partial charge on any atom is 0.219 e. The molecule has 0 aliphatic heterocycles. The highest BCUT2D eigenvalue weighted by atomic mass is 16.5. The highest BCUT2D eigenvalue weighted by Crippen LogP contribution is 2.24. The van der Waals surface area contributed by atoms with Gasteiger partial charge >= 0.3 is 0 Å². The van der Waals surface area contributed by atoms with E-state index in [9.17, 15) is 0 Å². The van der Waals surface area contributed by atoms with Crippen LogP contribution in [0.25, 0.3) is 0 Å². The van der Waals surface area contributed by atoms with Crippen molar-refractivity contribution in [2.75, 3.05) is 0 Å². The van der Waals surface area contributed by atoms with Gasteiger partial charge in [0.25, 0.3) is 0 Å². The fraction of sp³-hybridized carbons (Fsp3) is 0.267. The lowest BCUT2D eigenvalue weighted by molar-refractivity contribution is 0.457. The Morgan fingerprint density at radius 1 is 1.22 bits per heavy atom. The Labute approximate surface area is 108 Å². The highest BCUT2D eigenvalue weighted by Gasteiger charge is 2.04. The molecule has 0 amide bonds. The van der Waals surface area contributed by atoms with Crippen LogP contribution in [0.5, 0.6) is 11.6 Å². The van der Waals surface area contributed by atoms with Gasteiger partial charge in [-0.3, -0.25) is 0 Å². The van der Waals surface area contributed by atoms with E-state index in [2.05, 4.69) is 18.0 Å². The number of nitrogens with two attached hydrogens (primary N) is 1. The molecule has 1 aromatic carbocycles. The van der Waals surface area contributed by atoms with Gasteiger partial charge in [0.1, 0.15) is 5.75 Å². The van der Waals surface area contributed by atoms with Crippen LogP contribution in [0, 0.1) is 0 Å². The largest absolute Gasteiger partial charge is 0.439 e. The fourth-order valence-corrected chi connectivity index (χ4v) is 1.73. The van der Waals surface area contributed by atoms with Crippen LogP contribution >= 0.6 is 0 Å². The van der Waals surface area contributed by atoms with E-state index in [4.69, 9.17) is 10.5 Å². The smallest absolute Gasteiger partial charge is 0.219 e. The van der Waals surface area contributed by atoms with E-state index in [0.29, 0.717) is 5.88 Å². The molecular weight excluding hydrogens is 224 g/mol. The molecule has 2 aromatic rings. The lowest BCUT2D eigenvalue weighted by atomic mass is 10.1. The molecule has 0 radical (unpaired) electrons. The maximum atomic E-state index is 5.78. The molecule has 3 nitrogen and oxygen atoms in total. The minimum absolute atomic E-state index is 0.00511. The summed E-state index contributed by atoms with van der Waals surface area (Å²) in [6.45, 7) is 4.04. The van der Waals surface area contributed by atoms with Gasteiger partial charge in [-0.05, 0) is 30.5 Å². The van der Waals surface area contributed by atoms with Crippen LogP contribution in [-0.4, -0.2) is 4.98 Å². The number of ether oxygens (including phenoxy) is 1. The first-order valence-electron chi connectivity index (χ1n) is 6.18. The Balaban J connectivity index is 2.18. The maximum absolute atomic E-state index is 5.78. The lowest BCUT2D eigenvalue weighted by Crippen LogP contribution is -2.05. The van der Waals surface area contributed by atoms with Crippen molar-refractivity contribution in [3.8, 4) is 11.6 Å². The van der Waals surface area contributed by atoms with Gasteiger partial charge in [-0.1, -0.05) is 31.2 Å². The summed E-state index contributed by atoms with van der Waals surface area (Å²) in [5.41, 5.74) is 7.96. The van der Waals surface area contributed by atoms with Gasteiger partial charge in [0.2, 0.25) is 5.88 Å². The monoisotopic (exact) mass is 242 g/mol. The molecule has 0 fully saturated rings. The number of rotatable bonds is 4. The predicted molar refractivity (Wildman–Crippen MR) is 72.7 cm³/mol. The molecule has 2 N–H and O–H groups in total. The van der Waals surface area contributed by atoms with Gasteiger partial charge in [0.15, 0.2) is 0 Å². The van der Waals surface area contributed by atoms with Crippen molar-refractivity contribution in [1.82, 2.24) is 4.98 Å². The fourth-order valence-electron chi connectivity index (χ4n) is 1.73. The summed E-state index contributed by atoms with van der Waals surface area (Å²) in [5, 5.41) is 0. The van der Waals surface area contributed by atoms with Gasteiger partial charge in [-0.2, -0.15) is 0 Å². The molecule has 1 heterocycles. The summed E-state index contributed by atoms with van der Waals surface area (Å²) in [6, 6.07) is 11.8. The van der Waals surface area contributed by atoms with Gasteiger partial charge < -0.3 is 10.5 Å². The molecule has 0 spiro atoms. The van der Waals surface area contributed by atoms with Crippen LogP contribution in [0.15, 0.2) is 42.6 Å². The second kappa shape index (κ2) is 5.65. The number of hydrogen-bond donors (Lipinski definition) is 1. The number of benzene rings is 1. The quantitative estimate of drug-likeness (QED) is 0.893.